The fourth-order valence-corrected chi connectivity index (χ4v) is 4.26. The van der Waals surface area contributed by atoms with Crippen molar-refractivity contribution in [2.45, 2.75) is 0 Å². The molecule has 2 aromatic carbocycles. The van der Waals surface area contributed by atoms with Gasteiger partial charge in [0.2, 0.25) is 5.95 Å². The van der Waals surface area contributed by atoms with Crippen LogP contribution in [-0.4, -0.2) is 78.2 Å². The number of rotatable bonds is 7. The third kappa shape index (κ3) is 4.27. The third-order valence-electron chi connectivity index (χ3n) is 6.19. The van der Waals surface area contributed by atoms with Crippen LogP contribution < -0.4 is 15.4 Å². The maximum Gasteiger partial charge on any atom is 0.228 e. The smallest absolute Gasteiger partial charge is 0.228 e. The van der Waals surface area contributed by atoms with E-state index in [0.717, 1.165) is 67.4 Å². The Morgan fingerprint density at radius 1 is 0.912 bits per heavy atom. The Labute approximate surface area is 198 Å². The molecular weight excluding hydrogens is 430 g/mol. The highest BCUT2D eigenvalue weighted by Gasteiger charge is 2.24. The Kier molecular flexibility index (Phi) is 6.29. The Balaban J connectivity index is 1.56. The number of nitrogens with zero attached hydrogens (tertiary/aromatic N) is 6. The van der Waals surface area contributed by atoms with Gasteiger partial charge in [0.05, 0.1) is 30.5 Å². The van der Waals surface area contributed by atoms with Crippen LogP contribution in [0.3, 0.4) is 0 Å². The number of hydrogen-bond acceptors (Lipinski definition) is 8. The molecule has 3 heterocycles. The molecule has 5 rings (SSSR count). The van der Waals surface area contributed by atoms with Gasteiger partial charge in [-0.25, -0.2) is 9.67 Å². The number of benzene rings is 2. The summed E-state index contributed by atoms with van der Waals surface area (Å²) in [6.45, 7) is 5.24. The van der Waals surface area contributed by atoms with Gasteiger partial charge in [0.1, 0.15) is 11.6 Å². The molecule has 0 aliphatic carbocycles. The molecule has 2 aromatic heterocycles. The number of nitrogen functional groups attached to an aromatic ring is 1. The molecule has 0 amide bonds. The maximum absolute atomic E-state index is 6.63. The van der Waals surface area contributed by atoms with Gasteiger partial charge in [-0.05, 0) is 24.3 Å². The number of ether oxygens (including phenoxy) is 2. The first kappa shape index (κ1) is 22.1. The summed E-state index contributed by atoms with van der Waals surface area (Å²) in [6.07, 6.45) is 0. The summed E-state index contributed by atoms with van der Waals surface area (Å²) in [4.78, 5) is 14.5. The van der Waals surface area contributed by atoms with E-state index >= 15 is 0 Å². The van der Waals surface area contributed by atoms with E-state index in [4.69, 9.17) is 30.3 Å². The number of aromatic nitrogens is 4. The quantitative estimate of drug-likeness (QED) is 0.451. The second kappa shape index (κ2) is 9.66. The van der Waals surface area contributed by atoms with Gasteiger partial charge in [-0.3, -0.25) is 4.90 Å². The molecule has 9 nitrogen and oxygen atoms in total. The van der Waals surface area contributed by atoms with E-state index < -0.39 is 0 Å². The summed E-state index contributed by atoms with van der Waals surface area (Å²) in [5.41, 5.74) is 9.82. The highest BCUT2D eigenvalue weighted by atomic mass is 16.5. The SMILES string of the molecule is COCCN1CCN(c2nc(-c3ccccc3)c3c(N)n(-c4ccc(OC)cc4)nc3n2)CC1. The second-order valence-corrected chi connectivity index (χ2v) is 8.25. The molecule has 0 bridgehead atoms. The summed E-state index contributed by atoms with van der Waals surface area (Å²) in [5, 5.41) is 5.54. The van der Waals surface area contributed by atoms with Gasteiger partial charge in [-0.15, -0.1) is 5.10 Å². The average Bonchev–Trinajstić information content (AvgIpc) is 3.24. The maximum atomic E-state index is 6.63. The number of piperazine rings is 1. The van der Waals surface area contributed by atoms with E-state index in [1.807, 2.05) is 54.6 Å². The highest BCUT2D eigenvalue weighted by Crippen LogP contribution is 2.33. The predicted octanol–water partition coefficient (Wildman–Crippen LogP) is 2.84. The van der Waals surface area contributed by atoms with Crippen molar-refractivity contribution in [1.82, 2.24) is 24.6 Å². The Bertz CT molecular complexity index is 1250. The van der Waals surface area contributed by atoms with Crippen molar-refractivity contribution in [3.8, 4) is 22.7 Å². The lowest BCUT2D eigenvalue weighted by Gasteiger charge is -2.34. The van der Waals surface area contributed by atoms with Crippen LogP contribution in [0.4, 0.5) is 11.8 Å². The van der Waals surface area contributed by atoms with E-state index in [1.54, 1.807) is 18.9 Å². The van der Waals surface area contributed by atoms with E-state index in [9.17, 15) is 0 Å². The van der Waals surface area contributed by atoms with Crippen molar-refractivity contribution in [2.75, 3.05) is 64.2 Å². The van der Waals surface area contributed by atoms with Crippen molar-refractivity contribution in [3.63, 3.8) is 0 Å². The van der Waals surface area contributed by atoms with Gasteiger partial charge in [0, 0.05) is 45.4 Å². The highest BCUT2D eigenvalue weighted by molar-refractivity contribution is 5.99. The molecule has 1 fully saturated rings. The number of fused-ring (bicyclic) bond motifs is 1. The molecule has 1 aliphatic rings. The fraction of sp³-hybridized carbons (Fsp3) is 0.320. The second-order valence-electron chi connectivity index (χ2n) is 8.25. The van der Waals surface area contributed by atoms with Gasteiger partial charge >= 0.3 is 0 Å². The zero-order valence-electron chi connectivity index (χ0n) is 19.5. The zero-order valence-corrected chi connectivity index (χ0v) is 19.5. The van der Waals surface area contributed by atoms with Gasteiger partial charge in [-0.1, -0.05) is 30.3 Å². The molecular formula is C25H29N7O2. The number of nitrogens with two attached hydrogens (primary N) is 1. The predicted molar refractivity (Wildman–Crippen MR) is 134 cm³/mol. The number of methoxy groups -OCH3 is 2. The molecule has 2 N–H and O–H groups in total. The minimum absolute atomic E-state index is 0.509. The van der Waals surface area contributed by atoms with Crippen molar-refractivity contribution in [2.24, 2.45) is 0 Å². The van der Waals surface area contributed by atoms with Crippen molar-refractivity contribution >= 4 is 22.8 Å². The average molecular weight is 460 g/mol. The lowest BCUT2D eigenvalue weighted by atomic mass is 10.1. The molecule has 0 spiro atoms. The molecule has 0 unspecified atom stereocenters. The van der Waals surface area contributed by atoms with Gasteiger partial charge in [0.25, 0.3) is 0 Å². The first-order valence-corrected chi connectivity index (χ1v) is 11.4. The van der Waals surface area contributed by atoms with E-state index in [-0.39, 0.29) is 0 Å². The lowest BCUT2D eigenvalue weighted by Crippen LogP contribution is -2.47. The normalized spacial score (nSPS) is 14.6. The summed E-state index contributed by atoms with van der Waals surface area (Å²) >= 11 is 0. The first-order valence-electron chi connectivity index (χ1n) is 11.4. The minimum atomic E-state index is 0.509. The van der Waals surface area contributed by atoms with Crippen LogP contribution in [0, 0.1) is 0 Å². The van der Waals surface area contributed by atoms with Crippen molar-refractivity contribution in [1.29, 1.82) is 0 Å². The number of anilines is 2. The molecule has 9 heteroatoms. The third-order valence-corrected chi connectivity index (χ3v) is 6.19. The molecule has 1 aliphatic heterocycles. The van der Waals surface area contributed by atoms with Crippen LogP contribution in [0.15, 0.2) is 54.6 Å². The molecule has 0 saturated carbocycles. The topological polar surface area (TPSA) is 94.6 Å². The van der Waals surface area contributed by atoms with E-state index in [2.05, 4.69) is 9.80 Å². The largest absolute Gasteiger partial charge is 0.497 e. The van der Waals surface area contributed by atoms with Crippen LogP contribution in [0.25, 0.3) is 28.0 Å². The molecule has 4 aromatic rings. The molecule has 1 saturated heterocycles. The van der Waals surface area contributed by atoms with E-state index in [0.29, 0.717) is 17.4 Å². The lowest BCUT2D eigenvalue weighted by molar-refractivity contribution is 0.144. The van der Waals surface area contributed by atoms with Crippen LogP contribution in [0.1, 0.15) is 0 Å². The van der Waals surface area contributed by atoms with Crippen molar-refractivity contribution < 1.29 is 9.47 Å². The zero-order chi connectivity index (χ0) is 23.5. The summed E-state index contributed by atoms with van der Waals surface area (Å²) in [5.74, 6) is 1.96. The van der Waals surface area contributed by atoms with E-state index in [1.165, 1.54) is 0 Å². The van der Waals surface area contributed by atoms with Gasteiger partial charge in [-0.2, -0.15) is 4.98 Å². The standard InChI is InChI=1S/C25H29N7O2/c1-33-17-16-30-12-14-31(15-13-30)25-27-22(18-6-4-3-5-7-18)21-23(26)32(29-24(21)28-25)19-8-10-20(34-2)11-9-19/h3-11H,12-17,26H2,1-2H3. The van der Waals surface area contributed by atoms with Crippen LogP contribution in [0.2, 0.25) is 0 Å². The molecule has 0 radical (unpaired) electrons. The monoisotopic (exact) mass is 459 g/mol. The summed E-state index contributed by atoms with van der Waals surface area (Å²) in [7, 11) is 3.38. The summed E-state index contributed by atoms with van der Waals surface area (Å²) in [6, 6.07) is 17.7. The Hall–Kier alpha value is -3.69. The first-order chi connectivity index (χ1) is 16.7. The van der Waals surface area contributed by atoms with Gasteiger partial charge < -0.3 is 20.1 Å². The molecule has 34 heavy (non-hydrogen) atoms. The van der Waals surface area contributed by atoms with Crippen LogP contribution in [-0.2, 0) is 4.74 Å². The Morgan fingerprint density at radius 2 is 1.65 bits per heavy atom. The van der Waals surface area contributed by atoms with Crippen LogP contribution in [0.5, 0.6) is 5.75 Å². The summed E-state index contributed by atoms with van der Waals surface area (Å²) < 4.78 is 12.2. The number of hydrogen-bond donors (Lipinski definition) is 1. The van der Waals surface area contributed by atoms with Gasteiger partial charge in [0.15, 0.2) is 5.65 Å². The van der Waals surface area contributed by atoms with Crippen molar-refractivity contribution in [3.05, 3.63) is 54.6 Å². The van der Waals surface area contributed by atoms with Crippen LogP contribution >= 0.6 is 0 Å². The minimum Gasteiger partial charge on any atom is -0.497 e. The Morgan fingerprint density at radius 3 is 2.32 bits per heavy atom. The fourth-order valence-electron chi connectivity index (χ4n) is 4.26. The molecule has 0 atom stereocenters. The molecule has 176 valence electrons.